The highest BCUT2D eigenvalue weighted by molar-refractivity contribution is 6.73. The van der Waals surface area contributed by atoms with E-state index in [1.165, 1.54) is 6.20 Å². The molecule has 2 rings (SSSR count). The predicted octanol–water partition coefficient (Wildman–Crippen LogP) is 2.47. The molecule has 2 heterocycles. The SMILES string of the molecule is CC1(C)CCC(COc2cncc([B-](F)(F)F)c2)O1. The molecule has 0 N–H and O–H groups in total. The second-order valence-corrected chi connectivity index (χ2v) is 5.38. The first-order valence-corrected chi connectivity index (χ1v) is 6.22. The molecule has 1 atom stereocenters. The average molecular weight is 274 g/mol. The Balaban J connectivity index is 1.94. The second kappa shape index (κ2) is 5.04. The predicted molar refractivity (Wildman–Crippen MR) is 66.6 cm³/mol. The Morgan fingerprint density at radius 3 is 2.74 bits per heavy atom. The Morgan fingerprint density at radius 1 is 1.42 bits per heavy atom. The standard InChI is InChI=1S/C12H16BF3NO2/c1-12(2)4-3-10(19-12)8-18-11-5-9(6-17-7-11)13(14,15)16/h5-7,10H,3-4,8H2,1-2H3/q-1. The minimum absolute atomic E-state index is 0.0740. The van der Waals surface area contributed by atoms with Gasteiger partial charge < -0.3 is 22.4 Å². The van der Waals surface area contributed by atoms with Gasteiger partial charge in [0.15, 0.2) is 0 Å². The van der Waals surface area contributed by atoms with Crippen molar-refractivity contribution in [2.45, 2.75) is 38.4 Å². The lowest BCUT2D eigenvalue weighted by Gasteiger charge is -2.20. The first kappa shape index (κ1) is 14.2. The van der Waals surface area contributed by atoms with Crippen molar-refractivity contribution in [1.82, 2.24) is 4.98 Å². The van der Waals surface area contributed by atoms with Gasteiger partial charge in [0.25, 0.3) is 0 Å². The Labute approximate surface area is 110 Å². The molecule has 0 radical (unpaired) electrons. The summed E-state index contributed by atoms with van der Waals surface area (Å²) in [6.07, 6.45) is 3.79. The van der Waals surface area contributed by atoms with Crippen molar-refractivity contribution in [2.24, 2.45) is 0 Å². The van der Waals surface area contributed by atoms with Gasteiger partial charge in [-0.3, -0.25) is 4.98 Å². The van der Waals surface area contributed by atoms with E-state index in [2.05, 4.69) is 4.98 Å². The molecule has 0 aromatic carbocycles. The van der Waals surface area contributed by atoms with Crippen molar-refractivity contribution < 1.29 is 22.4 Å². The number of pyridine rings is 1. The number of aromatic nitrogens is 1. The van der Waals surface area contributed by atoms with Crippen molar-refractivity contribution in [2.75, 3.05) is 6.61 Å². The highest BCUT2D eigenvalue weighted by Crippen LogP contribution is 2.29. The van der Waals surface area contributed by atoms with Gasteiger partial charge in [-0.15, -0.1) is 0 Å². The topological polar surface area (TPSA) is 31.4 Å². The lowest BCUT2D eigenvalue weighted by molar-refractivity contribution is -0.0326. The van der Waals surface area contributed by atoms with Crippen molar-refractivity contribution in [3.05, 3.63) is 18.5 Å². The van der Waals surface area contributed by atoms with E-state index in [0.717, 1.165) is 25.1 Å². The van der Waals surface area contributed by atoms with Crippen LogP contribution in [0.5, 0.6) is 5.75 Å². The third-order valence-electron chi connectivity index (χ3n) is 3.10. The van der Waals surface area contributed by atoms with Crippen LogP contribution in [0.2, 0.25) is 0 Å². The molecular weight excluding hydrogens is 258 g/mol. The van der Waals surface area contributed by atoms with Gasteiger partial charge in [0.1, 0.15) is 12.4 Å². The van der Waals surface area contributed by atoms with Crippen LogP contribution in [0, 0.1) is 0 Å². The highest BCUT2D eigenvalue weighted by Gasteiger charge is 2.32. The van der Waals surface area contributed by atoms with E-state index < -0.39 is 12.4 Å². The summed E-state index contributed by atoms with van der Waals surface area (Å²) in [5.74, 6) is 0.130. The number of halogens is 3. The van der Waals surface area contributed by atoms with Crippen LogP contribution < -0.4 is 10.2 Å². The quantitative estimate of drug-likeness (QED) is 0.790. The number of rotatable bonds is 4. The first-order chi connectivity index (χ1) is 8.76. The minimum Gasteiger partial charge on any atom is -0.489 e. The van der Waals surface area contributed by atoms with E-state index in [0.29, 0.717) is 0 Å². The van der Waals surface area contributed by atoms with Crippen LogP contribution >= 0.6 is 0 Å². The highest BCUT2D eigenvalue weighted by atomic mass is 19.4. The zero-order chi connectivity index (χ0) is 14.1. The van der Waals surface area contributed by atoms with Gasteiger partial charge in [0.2, 0.25) is 0 Å². The van der Waals surface area contributed by atoms with Crippen molar-refractivity contribution in [3.63, 3.8) is 0 Å². The Hall–Kier alpha value is -1.24. The molecule has 0 bridgehead atoms. The molecule has 0 saturated carbocycles. The molecule has 106 valence electrons. The van der Waals surface area contributed by atoms with Gasteiger partial charge in [-0.25, -0.2) is 0 Å². The zero-order valence-corrected chi connectivity index (χ0v) is 10.9. The molecule has 1 aliphatic heterocycles. The Kier molecular flexibility index (Phi) is 3.76. The summed E-state index contributed by atoms with van der Waals surface area (Å²) in [7, 11) is 0. The Morgan fingerprint density at radius 2 is 2.16 bits per heavy atom. The van der Waals surface area contributed by atoms with Gasteiger partial charge in [-0.1, -0.05) is 5.46 Å². The van der Waals surface area contributed by atoms with E-state index in [4.69, 9.17) is 9.47 Å². The molecule has 1 aromatic rings. The molecule has 7 heteroatoms. The first-order valence-electron chi connectivity index (χ1n) is 6.22. The van der Waals surface area contributed by atoms with Crippen LogP contribution in [-0.4, -0.2) is 30.3 Å². The molecule has 1 fully saturated rings. The smallest absolute Gasteiger partial charge is 0.489 e. The molecule has 0 aliphatic carbocycles. The fourth-order valence-corrected chi connectivity index (χ4v) is 2.08. The maximum absolute atomic E-state index is 12.6. The molecule has 3 nitrogen and oxygen atoms in total. The third-order valence-corrected chi connectivity index (χ3v) is 3.10. The summed E-state index contributed by atoms with van der Waals surface area (Å²) in [5, 5.41) is 0. The third kappa shape index (κ3) is 3.86. The number of hydrogen-bond acceptors (Lipinski definition) is 3. The average Bonchev–Trinajstić information content (AvgIpc) is 2.66. The molecule has 1 saturated heterocycles. The fourth-order valence-electron chi connectivity index (χ4n) is 2.08. The summed E-state index contributed by atoms with van der Waals surface area (Å²) in [6, 6.07) is 0.979. The lowest BCUT2D eigenvalue weighted by atomic mass is 9.81. The van der Waals surface area contributed by atoms with Gasteiger partial charge >= 0.3 is 6.98 Å². The van der Waals surface area contributed by atoms with Crippen LogP contribution in [0.25, 0.3) is 0 Å². The van der Waals surface area contributed by atoms with Crippen molar-refractivity contribution >= 4 is 12.4 Å². The molecule has 1 unspecified atom stereocenters. The summed E-state index contributed by atoms with van der Waals surface area (Å²) < 4.78 is 48.7. The Bertz CT molecular complexity index is 451. The molecule has 1 aromatic heterocycles. The lowest BCUT2D eigenvalue weighted by Crippen LogP contribution is -2.34. The molecule has 19 heavy (non-hydrogen) atoms. The normalized spacial score (nSPS) is 22.5. The summed E-state index contributed by atoms with van der Waals surface area (Å²) in [5.41, 5.74) is -0.923. The fraction of sp³-hybridized carbons (Fsp3) is 0.583. The maximum atomic E-state index is 12.6. The minimum atomic E-state index is -5.04. The number of ether oxygens (including phenoxy) is 2. The summed E-state index contributed by atoms with van der Waals surface area (Å²) >= 11 is 0. The monoisotopic (exact) mass is 274 g/mol. The summed E-state index contributed by atoms with van der Waals surface area (Å²) in [6.45, 7) is -0.818. The van der Waals surface area contributed by atoms with E-state index in [9.17, 15) is 12.9 Å². The van der Waals surface area contributed by atoms with E-state index in [-0.39, 0.29) is 24.1 Å². The zero-order valence-electron chi connectivity index (χ0n) is 10.9. The van der Waals surface area contributed by atoms with E-state index >= 15 is 0 Å². The van der Waals surface area contributed by atoms with Crippen molar-refractivity contribution in [1.29, 1.82) is 0 Å². The second-order valence-electron chi connectivity index (χ2n) is 5.38. The van der Waals surface area contributed by atoms with Gasteiger partial charge in [0.05, 0.1) is 17.9 Å². The van der Waals surface area contributed by atoms with Gasteiger partial charge in [-0.05, 0) is 32.8 Å². The number of hydrogen-bond donors (Lipinski definition) is 0. The van der Waals surface area contributed by atoms with E-state index in [1.807, 2.05) is 13.8 Å². The molecular formula is C12H16BF3NO2-. The van der Waals surface area contributed by atoms with Crippen molar-refractivity contribution in [3.8, 4) is 5.75 Å². The van der Waals surface area contributed by atoms with Crippen LogP contribution in [0.3, 0.4) is 0 Å². The van der Waals surface area contributed by atoms with Crippen LogP contribution in [-0.2, 0) is 4.74 Å². The van der Waals surface area contributed by atoms with Crippen LogP contribution in [0.1, 0.15) is 26.7 Å². The van der Waals surface area contributed by atoms with Gasteiger partial charge in [-0.2, -0.15) is 0 Å². The van der Waals surface area contributed by atoms with Crippen LogP contribution in [0.15, 0.2) is 18.5 Å². The molecule has 0 amide bonds. The molecule has 0 spiro atoms. The van der Waals surface area contributed by atoms with Gasteiger partial charge in [0, 0.05) is 6.20 Å². The molecule has 1 aliphatic rings. The maximum Gasteiger partial charge on any atom is 0.511 e. The van der Waals surface area contributed by atoms with Crippen LogP contribution in [0.4, 0.5) is 12.9 Å². The van der Waals surface area contributed by atoms with E-state index in [1.54, 1.807) is 0 Å². The largest absolute Gasteiger partial charge is 0.511 e. The summed E-state index contributed by atoms with van der Waals surface area (Å²) in [4.78, 5) is 3.55. The number of nitrogens with zero attached hydrogens (tertiary/aromatic N) is 1.